The number of β-amino-alcohol motifs (C(OH)–C–C–N with tert-alkyl or cyclic N) is 1. The monoisotopic (exact) mass is 298 g/mol. The van der Waals surface area contributed by atoms with Crippen LogP contribution in [0, 0.1) is 0 Å². The highest BCUT2D eigenvalue weighted by Gasteiger charge is 2.31. The van der Waals surface area contributed by atoms with Crippen LogP contribution in [0.2, 0.25) is 5.02 Å². The third-order valence-electron chi connectivity index (χ3n) is 3.61. The van der Waals surface area contributed by atoms with Crippen molar-refractivity contribution >= 4 is 17.4 Å². The van der Waals surface area contributed by atoms with E-state index < -0.39 is 0 Å². The number of anilines is 1. The summed E-state index contributed by atoms with van der Waals surface area (Å²) in [4.78, 5) is 8.92. The molecule has 0 radical (unpaired) electrons. The fourth-order valence-corrected chi connectivity index (χ4v) is 2.85. The van der Waals surface area contributed by atoms with Crippen LogP contribution in [0.4, 0.5) is 5.82 Å². The lowest BCUT2D eigenvalue weighted by Crippen LogP contribution is -2.37. The van der Waals surface area contributed by atoms with E-state index in [0.717, 1.165) is 24.5 Å². The molecule has 0 aliphatic carbocycles. The molecule has 0 spiro atoms. The first kappa shape index (κ1) is 15.5. The minimum absolute atomic E-state index is 0.258. The minimum atomic E-state index is -0.258. The molecule has 0 bridgehead atoms. The molecule has 1 aromatic rings. The van der Waals surface area contributed by atoms with Crippen molar-refractivity contribution in [3.05, 3.63) is 22.8 Å². The summed E-state index contributed by atoms with van der Waals surface area (Å²) in [6, 6.07) is 4.07. The van der Waals surface area contributed by atoms with Gasteiger partial charge in [0.25, 0.3) is 0 Å². The Morgan fingerprint density at radius 1 is 1.50 bits per heavy atom. The van der Waals surface area contributed by atoms with Crippen LogP contribution >= 0.6 is 11.6 Å². The predicted octanol–water partition coefficient (Wildman–Crippen LogP) is 1.27. The first-order valence-corrected chi connectivity index (χ1v) is 7.27. The molecule has 5 nitrogen and oxygen atoms in total. The van der Waals surface area contributed by atoms with Crippen LogP contribution in [0.3, 0.4) is 0 Å². The third-order valence-corrected chi connectivity index (χ3v) is 3.95. The molecule has 1 saturated heterocycles. The van der Waals surface area contributed by atoms with Crippen molar-refractivity contribution in [1.82, 2.24) is 14.8 Å². The molecule has 20 heavy (non-hydrogen) atoms. The fraction of sp³-hybridized carbons (Fsp3) is 0.643. The molecule has 6 heteroatoms. The van der Waals surface area contributed by atoms with Gasteiger partial charge in [0, 0.05) is 32.7 Å². The summed E-state index contributed by atoms with van der Waals surface area (Å²) in [5.74, 6) is 0.813. The van der Waals surface area contributed by atoms with Crippen LogP contribution in [-0.2, 0) is 6.54 Å². The maximum Gasteiger partial charge on any atom is 0.126 e. The van der Waals surface area contributed by atoms with Crippen molar-refractivity contribution in [2.45, 2.75) is 25.1 Å². The lowest BCUT2D eigenvalue weighted by Gasteiger charge is -2.26. The average Bonchev–Trinajstić information content (AvgIpc) is 2.71. The second kappa shape index (κ2) is 6.72. The number of likely N-dealkylation sites (tertiary alicyclic amines) is 1. The van der Waals surface area contributed by atoms with E-state index in [1.54, 1.807) is 0 Å². The summed E-state index contributed by atoms with van der Waals surface area (Å²) in [6.07, 6.45) is 0.549. The van der Waals surface area contributed by atoms with Gasteiger partial charge in [0.1, 0.15) is 5.82 Å². The second-order valence-electron chi connectivity index (χ2n) is 5.61. The van der Waals surface area contributed by atoms with Gasteiger partial charge in [-0.15, -0.1) is 0 Å². The molecule has 2 rings (SSSR count). The number of aliphatic hydroxyl groups excluding tert-OH is 1. The molecule has 1 aliphatic heterocycles. The topological polar surface area (TPSA) is 51.6 Å². The Kier molecular flexibility index (Phi) is 5.21. The van der Waals surface area contributed by atoms with E-state index in [2.05, 4.69) is 34.2 Å². The van der Waals surface area contributed by atoms with Crippen molar-refractivity contribution in [1.29, 1.82) is 0 Å². The highest BCUT2D eigenvalue weighted by molar-refractivity contribution is 6.31. The van der Waals surface area contributed by atoms with Crippen LogP contribution in [0.5, 0.6) is 0 Å². The number of halogens is 1. The van der Waals surface area contributed by atoms with E-state index in [9.17, 15) is 5.11 Å². The van der Waals surface area contributed by atoms with Crippen molar-refractivity contribution in [3.63, 3.8) is 0 Å². The molecule has 0 amide bonds. The van der Waals surface area contributed by atoms with Crippen LogP contribution < -0.4 is 5.32 Å². The third kappa shape index (κ3) is 3.82. The summed E-state index contributed by atoms with van der Waals surface area (Å²) >= 11 is 6.23. The number of hydrogen-bond donors (Lipinski definition) is 2. The van der Waals surface area contributed by atoms with Crippen LogP contribution in [-0.4, -0.2) is 66.3 Å². The van der Waals surface area contributed by atoms with Crippen molar-refractivity contribution < 1.29 is 5.11 Å². The zero-order chi connectivity index (χ0) is 14.7. The Labute approximate surface area is 125 Å². The number of pyridine rings is 1. The molecule has 0 saturated carbocycles. The number of aliphatic hydroxyl groups is 1. The minimum Gasteiger partial charge on any atom is -0.392 e. The molecule has 2 unspecified atom stereocenters. The number of likely N-dealkylation sites (N-methyl/N-ethyl adjacent to an activating group) is 1. The Balaban J connectivity index is 2.11. The van der Waals surface area contributed by atoms with Crippen LogP contribution in [0.15, 0.2) is 12.1 Å². The van der Waals surface area contributed by atoms with Gasteiger partial charge in [-0.25, -0.2) is 4.98 Å². The molecular weight excluding hydrogens is 276 g/mol. The van der Waals surface area contributed by atoms with Gasteiger partial charge in [0.05, 0.1) is 16.8 Å². The van der Waals surface area contributed by atoms with E-state index in [0.29, 0.717) is 24.2 Å². The maximum absolute atomic E-state index is 9.91. The largest absolute Gasteiger partial charge is 0.392 e. The maximum atomic E-state index is 9.91. The standard InChI is InChI=1S/C14H23ClN4O/c1-16-14-5-4-12(15)13(17-14)9-19-8-11(20)6-10(19)7-18(2)3/h4-5,10-11,20H,6-9H2,1-3H3,(H,16,17). The summed E-state index contributed by atoms with van der Waals surface area (Å²) < 4.78 is 0. The van der Waals surface area contributed by atoms with Crippen LogP contribution in [0.1, 0.15) is 12.1 Å². The Hall–Kier alpha value is -0.880. The Morgan fingerprint density at radius 3 is 2.90 bits per heavy atom. The van der Waals surface area contributed by atoms with Gasteiger partial charge in [0.2, 0.25) is 0 Å². The van der Waals surface area contributed by atoms with Crippen molar-refractivity contribution in [2.75, 3.05) is 39.5 Å². The molecule has 1 aliphatic rings. The van der Waals surface area contributed by atoms with E-state index in [1.807, 2.05) is 19.2 Å². The van der Waals surface area contributed by atoms with Gasteiger partial charge in [-0.3, -0.25) is 4.90 Å². The number of aromatic nitrogens is 1. The number of rotatable bonds is 5. The zero-order valence-electron chi connectivity index (χ0n) is 12.3. The molecule has 1 fully saturated rings. The first-order valence-electron chi connectivity index (χ1n) is 6.89. The Morgan fingerprint density at radius 2 is 2.25 bits per heavy atom. The van der Waals surface area contributed by atoms with E-state index in [4.69, 9.17) is 11.6 Å². The highest BCUT2D eigenvalue weighted by Crippen LogP contribution is 2.24. The SMILES string of the molecule is CNc1ccc(Cl)c(CN2CC(O)CC2CN(C)C)n1. The molecule has 112 valence electrons. The first-order chi connectivity index (χ1) is 9.49. The van der Waals surface area contributed by atoms with Gasteiger partial charge < -0.3 is 15.3 Å². The molecule has 2 N–H and O–H groups in total. The predicted molar refractivity (Wildman–Crippen MR) is 82.2 cm³/mol. The molecule has 0 aromatic carbocycles. The van der Waals surface area contributed by atoms with Gasteiger partial charge >= 0.3 is 0 Å². The van der Waals surface area contributed by atoms with Gasteiger partial charge in [-0.05, 0) is 32.6 Å². The smallest absolute Gasteiger partial charge is 0.126 e. The van der Waals surface area contributed by atoms with E-state index in [-0.39, 0.29) is 6.10 Å². The van der Waals surface area contributed by atoms with Gasteiger partial charge in [-0.2, -0.15) is 0 Å². The van der Waals surface area contributed by atoms with Gasteiger partial charge in [0.15, 0.2) is 0 Å². The lowest BCUT2D eigenvalue weighted by atomic mass is 10.2. The lowest BCUT2D eigenvalue weighted by molar-refractivity contribution is 0.168. The molecule has 2 heterocycles. The Bertz CT molecular complexity index is 455. The van der Waals surface area contributed by atoms with Gasteiger partial charge in [-0.1, -0.05) is 11.6 Å². The summed E-state index contributed by atoms with van der Waals surface area (Å²) in [5, 5.41) is 13.6. The molecular formula is C14H23ClN4O. The quantitative estimate of drug-likeness (QED) is 0.857. The summed E-state index contributed by atoms with van der Waals surface area (Å²) in [5.41, 5.74) is 0.858. The second-order valence-corrected chi connectivity index (χ2v) is 6.02. The number of hydrogen-bond acceptors (Lipinski definition) is 5. The fourth-order valence-electron chi connectivity index (χ4n) is 2.69. The van der Waals surface area contributed by atoms with Crippen LogP contribution in [0.25, 0.3) is 0 Å². The van der Waals surface area contributed by atoms with E-state index in [1.165, 1.54) is 0 Å². The normalized spacial score (nSPS) is 23.5. The highest BCUT2D eigenvalue weighted by atomic mass is 35.5. The van der Waals surface area contributed by atoms with Crippen molar-refractivity contribution in [2.24, 2.45) is 0 Å². The number of nitrogens with one attached hydrogen (secondary N) is 1. The summed E-state index contributed by atoms with van der Waals surface area (Å²) in [6.45, 7) is 2.28. The average molecular weight is 299 g/mol. The van der Waals surface area contributed by atoms with E-state index >= 15 is 0 Å². The number of nitrogens with zero attached hydrogens (tertiary/aromatic N) is 3. The summed E-state index contributed by atoms with van der Waals surface area (Å²) in [7, 11) is 5.94. The van der Waals surface area contributed by atoms with Crippen molar-refractivity contribution in [3.8, 4) is 0 Å². The molecule has 2 atom stereocenters. The zero-order valence-corrected chi connectivity index (χ0v) is 13.1. The molecule has 1 aromatic heterocycles.